The molecule has 0 amide bonds. The molecule has 0 bridgehead atoms. The van der Waals surface area contributed by atoms with E-state index in [2.05, 4.69) is 52.5 Å². The van der Waals surface area contributed by atoms with Gasteiger partial charge in [-0.15, -0.1) is 0 Å². The number of methoxy groups -OCH3 is 1. The molecule has 0 aliphatic rings. The second-order valence-corrected chi connectivity index (χ2v) is 5.46. The maximum Gasteiger partial charge on any atom is 0.0693 e. The summed E-state index contributed by atoms with van der Waals surface area (Å²) < 4.78 is 5.29. The van der Waals surface area contributed by atoms with Crippen LogP contribution in [0.25, 0.3) is 0 Å². The minimum absolute atomic E-state index is 0.522. The summed E-state index contributed by atoms with van der Waals surface area (Å²) >= 11 is 0. The molecule has 0 aliphatic heterocycles. The van der Waals surface area contributed by atoms with Gasteiger partial charge in [-0.05, 0) is 52.7 Å². The summed E-state index contributed by atoms with van der Waals surface area (Å²) in [5.41, 5.74) is 3.98. The van der Waals surface area contributed by atoms with Crippen LogP contribution in [0.15, 0.2) is 22.9 Å². The molecule has 0 aromatic heterocycles. The Labute approximate surface area is 114 Å². The fourth-order valence-corrected chi connectivity index (χ4v) is 2.00. The van der Waals surface area contributed by atoms with Gasteiger partial charge >= 0.3 is 0 Å². The molecule has 2 heteroatoms. The third kappa shape index (κ3) is 6.25. The van der Waals surface area contributed by atoms with Gasteiger partial charge in [-0.25, -0.2) is 0 Å². The van der Waals surface area contributed by atoms with Crippen molar-refractivity contribution >= 4 is 0 Å². The van der Waals surface area contributed by atoms with Crippen molar-refractivity contribution in [3.63, 3.8) is 0 Å². The molecule has 18 heavy (non-hydrogen) atoms. The summed E-state index contributed by atoms with van der Waals surface area (Å²) in [6.45, 7) is 15.0. The van der Waals surface area contributed by atoms with E-state index in [1.54, 1.807) is 7.11 Å². The molecule has 0 aromatic rings. The summed E-state index contributed by atoms with van der Waals surface area (Å²) in [5.74, 6) is 0. The van der Waals surface area contributed by atoms with E-state index in [0.717, 1.165) is 6.54 Å². The van der Waals surface area contributed by atoms with Crippen LogP contribution in [0.1, 0.15) is 54.4 Å². The van der Waals surface area contributed by atoms with E-state index < -0.39 is 0 Å². The summed E-state index contributed by atoms with van der Waals surface area (Å²) in [5, 5.41) is 0. The number of hydrogen-bond acceptors (Lipinski definition) is 2. The Morgan fingerprint density at radius 1 is 1.22 bits per heavy atom. The maximum atomic E-state index is 5.29. The lowest BCUT2D eigenvalue weighted by atomic mass is 10.1. The van der Waals surface area contributed by atoms with Crippen molar-refractivity contribution in [2.24, 2.45) is 0 Å². The Kier molecular flexibility index (Phi) is 8.82. The Morgan fingerprint density at radius 3 is 2.22 bits per heavy atom. The normalized spacial score (nSPS) is 12.4. The molecule has 0 aromatic carbocycles. The highest BCUT2D eigenvalue weighted by Crippen LogP contribution is 2.18. The van der Waals surface area contributed by atoms with Crippen LogP contribution in [0.3, 0.4) is 0 Å². The predicted molar refractivity (Wildman–Crippen MR) is 80.8 cm³/mol. The van der Waals surface area contributed by atoms with Crippen LogP contribution >= 0.6 is 0 Å². The van der Waals surface area contributed by atoms with E-state index in [9.17, 15) is 0 Å². The van der Waals surface area contributed by atoms with Crippen molar-refractivity contribution in [2.45, 2.75) is 60.4 Å². The van der Waals surface area contributed by atoms with Crippen LogP contribution < -0.4 is 0 Å². The van der Waals surface area contributed by atoms with Gasteiger partial charge in [-0.3, -0.25) is 0 Å². The van der Waals surface area contributed by atoms with Crippen LogP contribution in [0, 0.1) is 0 Å². The van der Waals surface area contributed by atoms with Gasteiger partial charge in [0.1, 0.15) is 0 Å². The molecule has 0 unspecified atom stereocenters. The van der Waals surface area contributed by atoms with Crippen LogP contribution in [0.5, 0.6) is 0 Å². The topological polar surface area (TPSA) is 12.5 Å². The van der Waals surface area contributed by atoms with Crippen LogP contribution in [0.2, 0.25) is 0 Å². The van der Waals surface area contributed by atoms with E-state index in [1.165, 1.54) is 29.7 Å². The lowest BCUT2D eigenvalue weighted by Crippen LogP contribution is -2.31. The number of rotatable bonds is 8. The first kappa shape index (κ1) is 17.2. The third-order valence-corrected chi connectivity index (χ3v) is 2.91. The van der Waals surface area contributed by atoms with E-state index in [4.69, 9.17) is 4.74 Å². The molecule has 0 spiro atoms. The number of ether oxygens (including phenoxy) is 1. The van der Waals surface area contributed by atoms with Gasteiger partial charge in [-0.1, -0.05) is 18.9 Å². The van der Waals surface area contributed by atoms with Crippen molar-refractivity contribution < 1.29 is 4.74 Å². The van der Waals surface area contributed by atoms with Gasteiger partial charge < -0.3 is 9.64 Å². The highest BCUT2D eigenvalue weighted by Gasteiger charge is 2.13. The van der Waals surface area contributed by atoms with Gasteiger partial charge in [0.05, 0.1) is 6.61 Å². The van der Waals surface area contributed by atoms with Gasteiger partial charge in [-0.2, -0.15) is 0 Å². The van der Waals surface area contributed by atoms with Gasteiger partial charge in [0.25, 0.3) is 0 Å². The van der Waals surface area contributed by atoms with Crippen molar-refractivity contribution in [1.82, 2.24) is 4.90 Å². The molecule has 0 saturated carbocycles. The molecule has 0 radical (unpaired) electrons. The molecule has 2 nitrogen and oxygen atoms in total. The Hall–Kier alpha value is -0.760. The van der Waals surface area contributed by atoms with E-state index in [0.29, 0.717) is 12.6 Å². The second kappa shape index (κ2) is 9.21. The number of unbranched alkanes of at least 4 members (excludes halogenated alkanes) is 1. The molecule has 0 heterocycles. The summed E-state index contributed by atoms with van der Waals surface area (Å²) in [7, 11) is 1.76. The Balaban J connectivity index is 5.23. The quantitative estimate of drug-likeness (QED) is 0.595. The SMILES string of the molecule is CCCCN(/C(C=C(C)C)=C(/C)COC)C(C)C. The highest BCUT2D eigenvalue weighted by molar-refractivity contribution is 5.27. The molecular weight excluding hydrogens is 222 g/mol. The summed E-state index contributed by atoms with van der Waals surface area (Å²) in [6, 6.07) is 0.522. The molecule has 0 atom stereocenters. The smallest absolute Gasteiger partial charge is 0.0693 e. The second-order valence-electron chi connectivity index (χ2n) is 5.46. The van der Waals surface area contributed by atoms with Gasteiger partial charge in [0.2, 0.25) is 0 Å². The minimum Gasteiger partial charge on any atom is -0.380 e. The minimum atomic E-state index is 0.522. The van der Waals surface area contributed by atoms with E-state index >= 15 is 0 Å². The number of allylic oxidation sites excluding steroid dienone is 2. The van der Waals surface area contributed by atoms with Crippen LogP contribution in [-0.2, 0) is 4.74 Å². The number of nitrogens with zero attached hydrogens (tertiary/aromatic N) is 1. The fourth-order valence-electron chi connectivity index (χ4n) is 2.00. The molecule has 0 aliphatic carbocycles. The molecule has 0 rings (SSSR count). The largest absolute Gasteiger partial charge is 0.380 e. The van der Waals surface area contributed by atoms with Crippen LogP contribution in [0.4, 0.5) is 0 Å². The number of hydrogen-bond donors (Lipinski definition) is 0. The first-order valence-corrected chi connectivity index (χ1v) is 7.04. The fraction of sp³-hybridized carbons (Fsp3) is 0.750. The Morgan fingerprint density at radius 2 is 1.83 bits per heavy atom. The molecule has 0 N–H and O–H groups in total. The molecule has 0 fully saturated rings. The highest BCUT2D eigenvalue weighted by atomic mass is 16.5. The average molecular weight is 253 g/mol. The first-order valence-electron chi connectivity index (χ1n) is 7.04. The van der Waals surface area contributed by atoms with E-state index in [-0.39, 0.29) is 0 Å². The van der Waals surface area contributed by atoms with Gasteiger partial charge in [0, 0.05) is 25.4 Å². The Bertz CT molecular complexity index is 285. The summed E-state index contributed by atoms with van der Waals surface area (Å²) in [4.78, 5) is 2.49. The van der Waals surface area contributed by atoms with Crippen molar-refractivity contribution in [2.75, 3.05) is 20.3 Å². The van der Waals surface area contributed by atoms with Crippen molar-refractivity contribution in [1.29, 1.82) is 0 Å². The van der Waals surface area contributed by atoms with Crippen molar-refractivity contribution in [3.8, 4) is 0 Å². The zero-order valence-corrected chi connectivity index (χ0v) is 13.3. The van der Waals surface area contributed by atoms with E-state index in [1.807, 2.05) is 0 Å². The summed E-state index contributed by atoms with van der Waals surface area (Å²) in [6.07, 6.45) is 4.75. The third-order valence-electron chi connectivity index (χ3n) is 2.91. The lowest BCUT2D eigenvalue weighted by molar-refractivity contribution is 0.217. The lowest BCUT2D eigenvalue weighted by Gasteiger charge is -2.32. The predicted octanol–water partition coefficient (Wildman–Crippen LogP) is 4.38. The van der Waals surface area contributed by atoms with Gasteiger partial charge in [0.15, 0.2) is 0 Å². The zero-order valence-electron chi connectivity index (χ0n) is 13.3. The molecule has 106 valence electrons. The average Bonchev–Trinajstić information content (AvgIpc) is 2.27. The zero-order chi connectivity index (χ0) is 14.1. The van der Waals surface area contributed by atoms with Crippen molar-refractivity contribution in [3.05, 3.63) is 22.9 Å². The maximum absolute atomic E-state index is 5.29. The van der Waals surface area contributed by atoms with Crippen LogP contribution in [-0.4, -0.2) is 31.2 Å². The standard InChI is InChI=1S/C16H31NO/c1-8-9-10-17(14(4)5)16(11-13(2)3)15(6)12-18-7/h11,14H,8-10,12H2,1-7H3/b16-15-. The monoisotopic (exact) mass is 253 g/mol. The first-order chi connectivity index (χ1) is 8.43. The molecular formula is C16H31NO. The molecule has 0 saturated heterocycles.